The third-order valence-corrected chi connectivity index (χ3v) is 4.29. The normalized spacial score (nSPS) is 19.7. The highest BCUT2D eigenvalue weighted by Gasteiger charge is 2.26. The van der Waals surface area contributed by atoms with Crippen molar-refractivity contribution in [3.8, 4) is 0 Å². The van der Waals surface area contributed by atoms with Crippen molar-refractivity contribution in [1.29, 1.82) is 0 Å². The second-order valence-corrected chi connectivity index (χ2v) is 6.62. The van der Waals surface area contributed by atoms with E-state index in [4.69, 9.17) is 5.73 Å². The number of nitrogens with one attached hydrogen (secondary N) is 1. The number of likely N-dealkylation sites (tertiary alicyclic amines) is 1. The molecule has 0 aliphatic carbocycles. The second kappa shape index (κ2) is 7.59. The molecule has 23 heavy (non-hydrogen) atoms. The standard InChI is InChI=1S/C16H27N5O2/c1-11(2)15(17)16(23)18-8-14(22)20-6-4-5-13(10-20)21-9-12(3)7-19-21/h7,9,11,13,15H,4-6,8,10,17H2,1-3H3,(H,18,23)/t13?,15-/m0/s1. The average Bonchev–Trinajstić information content (AvgIpc) is 2.98. The van der Waals surface area contributed by atoms with Gasteiger partial charge in [-0.1, -0.05) is 13.8 Å². The molecule has 1 unspecified atom stereocenters. The summed E-state index contributed by atoms with van der Waals surface area (Å²) >= 11 is 0. The minimum atomic E-state index is -0.580. The Labute approximate surface area is 137 Å². The number of carbonyl (C=O) groups excluding carboxylic acids is 2. The van der Waals surface area contributed by atoms with Gasteiger partial charge in [0.25, 0.3) is 0 Å². The molecule has 1 aromatic rings. The van der Waals surface area contributed by atoms with Crippen LogP contribution < -0.4 is 11.1 Å². The molecule has 2 atom stereocenters. The van der Waals surface area contributed by atoms with E-state index in [1.165, 1.54) is 0 Å². The Bertz CT molecular complexity index is 554. The van der Waals surface area contributed by atoms with E-state index in [1.54, 1.807) is 4.90 Å². The van der Waals surface area contributed by atoms with Crippen molar-refractivity contribution in [2.24, 2.45) is 11.7 Å². The van der Waals surface area contributed by atoms with Crippen LogP contribution in [-0.4, -0.2) is 52.2 Å². The lowest BCUT2D eigenvalue weighted by Gasteiger charge is -2.33. The Morgan fingerprint density at radius 2 is 2.22 bits per heavy atom. The number of carbonyl (C=O) groups is 2. The topological polar surface area (TPSA) is 93.2 Å². The third kappa shape index (κ3) is 4.54. The Morgan fingerprint density at radius 1 is 1.48 bits per heavy atom. The first-order valence-electron chi connectivity index (χ1n) is 8.20. The van der Waals surface area contributed by atoms with Crippen LogP contribution in [0.4, 0.5) is 0 Å². The van der Waals surface area contributed by atoms with Crippen molar-refractivity contribution >= 4 is 11.8 Å². The summed E-state index contributed by atoms with van der Waals surface area (Å²) in [4.78, 5) is 26.0. The summed E-state index contributed by atoms with van der Waals surface area (Å²) in [6.07, 6.45) is 5.78. The van der Waals surface area contributed by atoms with Crippen molar-refractivity contribution in [2.75, 3.05) is 19.6 Å². The van der Waals surface area contributed by atoms with Gasteiger partial charge in [0, 0.05) is 19.3 Å². The molecular weight excluding hydrogens is 294 g/mol. The first-order chi connectivity index (χ1) is 10.9. The molecule has 128 valence electrons. The van der Waals surface area contributed by atoms with E-state index < -0.39 is 6.04 Å². The van der Waals surface area contributed by atoms with Crippen LogP contribution in [-0.2, 0) is 9.59 Å². The zero-order valence-corrected chi connectivity index (χ0v) is 14.2. The number of nitrogens with two attached hydrogens (primary N) is 1. The first-order valence-corrected chi connectivity index (χ1v) is 8.20. The predicted octanol–water partition coefficient (Wildman–Crippen LogP) is 0.455. The van der Waals surface area contributed by atoms with Crippen molar-refractivity contribution in [3.63, 3.8) is 0 Å². The lowest BCUT2D eigenvalue weighted by atomic mass is 10.0. The quantitative estimate of drug-likeness (QED) is 0.823. The summed E-state index contributed by atoms with van der Waals surface area (Å²) in [7, 11) is 0. The molecule has 2 heterocycles. The Hall–Kier alpha value is -1.89. The van der Waals surface area contributed by atoms with Gasteiger partial charge >= 0.3 is 0 Å². The van der Waals surface area contributed by atoms with Gasteiger partial charge in [0.1, 0.15) is 0 Å². The van der Waals surface area contributed by atoms with Crippen LogP contribution in [0.1, 0.15) is 38.3 Å². The summed E-state index contributed by atoms with van der Waals surface area (Å²) in [5.41, 5.74) is 6.89. The van der Waals surface area contributed by atoms with Gasteiger partial charge in [-0.15, -0.1) is 0 Å². The van der Waals surface area contributed by atoms with Gasteiger partial charge in [0.05, 0.1) is 24.8 Å². The molecule has 2 rings (SSSR count). The maximum absolute atomic E-state index is 12.3. The van der Waals surface area contributed by atoms with E-state index >= 15 is 0 Å². The summed E-state index contributed by atoms with van der Waals surface area (Å²) in [5.74, 6) is -0.292. The van der Waals surface area contributed by atoms with Crippen LogP contribution in [0.3, 0.4) is 0 Å². The fourth-order valence-corrected chi connectivity index (χ4v) is 2.73. The molecule has 2 amide bonds. The predicted molar refractivity (Wildman–Crippen MR) is 87.6 cm³/mol. The van der Waals surface area contributed by atoms with E-state index in [1.807, 2.05) is 37.8 Å². The first kappa shape index (κ1) is 17.5. The average molecular weight is 321 g/mol. The second-order valence-electron chi connectivity index (χ2n) is 6.62. The van der Waals surface area contributed by atoms with Crippen molar-refractivity contribution in [2.45, 2.75) is 45.7 Å². The molecule has 1 saturated heterocycles. The van der Waals surface area contributed by atoms with Gasteiger partial charge in [0.15, 0.2) is 0 Å². The highest BCUT2D eigenvalue weighted by Crippen LogP contribution is 2.21. The summed E-state index contributed by atoms with van der Waals surface area (Å²) in [6, 6.07) is -0.376. The fraction of sp³-hybridized carbons (Fsp3) is 0.688. The number of hydrogen-bond donors (Lipinski definition) is 2. The summed E-state index contributed by atoms with van der Waals surface area (Å²) < 4.78 is 1.93. The number of nitrogens with zero attached hydrogens (tertiary/aromatic N) is 3. The molecule has 0 aromatic carbocycles. The lowest BCUT2D eigenvalue weighted by Crippen LogP contribution is -2.49. The molecule has 1 aliphatic heterocycles. The molecule has 7 heteroatoms. The highest BCUT2D eigenvalue weighted by atomic mass is 16.2. The lowest BCUT2D eigenvalue weighted by molar-refractivity contribution is -0.134. The Balaban J connectivity index is 1.86. The molecule has 3 N–H and O–H groups in total. The van der Waals surface area contributed by atoms with Crippen LogP contribution in [0.15, 0.2) is 12.4 Å². The molecule has 1 aliphatic rings. The van der Waals surface area contributed by atoms with Crippen LogP contribution in [0, 0.1) is 12.8 Å². The van der Waals surface area contributed by atoms with Gasteiger partial charge in [-0.3, -0.25) is 14.3 Å². The van der Waals surface area contributed by atoms with Crippen molar-refractivity contribution in [3.05, 3.63) is 18.0 Å². The Morgan fingerprint density at radius 3 is 2.83 bits per heavy atom. The monoisotopic (exact) mass is 321 g/mol. The molecule has 1 aromatic heterocycles. The molecule has 0 saturated carbocycles. The minimum Gasteiger partial charge on any atom is -0.346 e. The van der Waals surface area contributed by atoms with Gasteiger partial charge in [-0.25, -0.2) is 0 Å². The van der Waals surface area contributed by atoms with E-state index in [9.17, 15) is 9.59 Å². The minimum absolute atomic E-state index is 0.00408. The molecule has 0 radical (unpaired) electrons. The van der Waals surface area contributed by atoms with Crippen LogP contribution in [0.2, 0.25) is 0 Å². The molecule has 0 spiro atoms. The Kier molecular flexibility index (Phi) is 5.76. The number of aryl methyl sites for hydroxylation is 1. The van der Waals surface area contributed by atoms with Crippen molar-refractivity contribution < 1.29 is 9.59 Å². The van der Waals surface area contributed by atoms with Crippen LogP contribution in [0.25, 0.3) is 0 Å². The third-order valence-electron chi connectivity index (χ3n) is 4.29. The van der Waals surface area contributed by atoms with Gasteiger partial charge < -0.3 is 16.0 Å². The smallest absolute Gasteiger partial charge is 0.242 e. The summed E-state index contributed by atoms with van der Waals surface area (Å²) in [5, 5.41) is 6.98. The fourth-order valence-electron chi connectivity index (χ4n) is 2.73. The zero-order chi connectivity index (χ0) is 17.0. The zero-order valence-electron chi connectivity index (χ0n) is 14.2. The maximum Gasteiger partial charge on any atom is 0.242 e. The van der Waals surface area contributed by atoms with E-state index in [2.05, 4.69) is 10.4 Å². The number of hydrogen-bond acceptors (Lipinski definition) is 4. The van der Waals surface area contributed by atoms with Crippen LogP contribution in [0.5, 0.6) is 0 Å². The summed E-state index contributed by atoms with van der Waals surface area (Å²) in [6.45, 7) is 7.13. The van der Waals surface area contributed by atoms with Crippen molar-refractivity contribution in [1.82, 2.24) is 20.0 Å². The van der Waals surface area contributed by atoms with Gasteiger partial charge in [-0.05, 0) is 31.2 Å². The van der Waals surface area contributed by atoms with E-state index in [-0.39, 0.29) is 30.3 Å². The molecule has 7 nitrogen and oxygen atoms in total. The highest BCUT2D eigenvalue weighted by molar-refractivity contribution is 5.87. The molecular formula is C16H27N5O2. The van der Waals surface area contributed by atoms with Crippen LogP contribution >= 0.6 is 0 Å². The van der Waals surface area contributed by atoms with E-state index in [0.717, 1.165) is 24.9 Å². The number of aromatic nitrogens is 2. The van der Waals surface area contributed by atoms with Gasteiger partial charge in [0.2, 0.25) is 11.8 Å². The number of piperidine rings is 1. The number of amides is 2. The molecule has 0 bridgehead atoms. The van der Waals surface area contributed by atoms with Gasteiger partial charge in [-0.2, -0.15) is 5.10 Å². The molecule has 1 fully saturated rings. The van der Waals surface area contributed by atoms with E-state index in [0.29, 0.717) is 6.54 Å². The SMILES string of the molecule is Cc1cnn(C2CCCN(C(=O)CNC(=O)[C@@H](N)C(C)C)C2)c1. The number of rotatable bonds is 5. The maximum atomic E-state index is 12.3. The largest absolute Gasteiger partial charge is 0.346 e.